The third kappa shape index (κ3) is 3.46. The monoisotopic (exact) mass is 493 g/mol. The van der Waals surface area contributed by atoms with E-state index in [2.05, 4.69) is 90.5 Å². The summed E-state index contributed by atoms with van der Waals surface area (Å²) >= 11 is -2.37. The fourth-order valence-corrected chi connectivity index (χ4v) is 7.93. The van der Waals surface area contributed by atoms with Gasteiger partial charge in [-0.15, -0.1) is 0 Å². The Hall–Kier alpha value is -3.36. The van der Waals surface area contributed by atoms with Gasteiger partial charge in [0.15, 0.2) is 0 Å². The number of nitriles is 1. The second kappa shape index (κ2) is 7.90. The zero-order valence-electron chi connectivity index (χ0n) is 19.7. The van der Waals surface area contributed by atoms with Crippen LogP contribution in [0.3, 0.4) is 0 Å². The normalized spacial score (nSPS) is 11.8. The molecule has 2 aromatic heterocycles. The van der Waals surface area contributed by atoms with Gasteiger partial charge in [-0.3, -0.25) is 0 Å². The van der Waals surface area contributed by atoms with Crippen molar-refractivity contribution < 1.29 is 8.98 Å². The zero-order valence-corrected chi connectivity index (χ0v) is 21.8. The summed E-state index contributed by atoms with van der Waals surface area (Å²) in [6, 6.07) is 25.6. The van der Waals surface area contributed by atoms with Crippen LogP contribution in [0.2, 0.25) is 17.3 Å². The van der Waals surface area contributed by atoms with Gasteiger partial charge in [-0.25, -0.2) is 0 Å². The molecule has 3 aromatic carbocycles. The summed E-state index contributed by atoms with van der Waals surface area (Å²) < 4.78 is 10.1. The number of hydrogen-bond donors (Lipinski definition) is 0. The van der Waals surface area contributed by atoms with E-state index in [9.17, 15) is 5.26 Å². The molecule has 2 heterocycles. The number of aryl methyl sites for hydroxylation is 2. The Balaban J connectivity index is 2.00. The van der Waals surface area contributed by atoms with E-state index in [-0.39, 0.29) is 0 Å². The molecule has 0 spiro atoms. The van der Waals surface area contributed by atoms with E-state index in [1.54, 1.807) is 0 Å². The van der Waals surface area contributed by atoms with Crippen molar-refractivity contribution >= 4 is 39.6 Å². The van der Waals surface area contributed by atoms with Crippen molar-refractivity contribution in [3.63, 3.8) is 0 Å². The van der Waals surface area contributed by atoms with Crippen LogP contribution < -0.4 is 8.96 Å². The Morgan fingerprint density at radius 3 is 2.21 bits per heavy atom. The minimum atomic E-state index is -2.37. The maximum absolute atomic E-state index is 10.3. The first-order chi connectivity index (χ1) is 15.8. The molecule has 0 amide bonds. The number of nitrogens with zero attached hydrogens (tertiary/aromatic N) is 2. The quantitative estimate of drug-likeness (QED) is 0.214. The Morgan fingerprint density at radius 2 is 1.55 bits per heavy atom. The van der Waals surface area contributed by atoms with E-state index in [0.29, 0.717) is 0 Å². The van der Waals surface area contributed by atoms with Gasteiger partial charge in [0.05, 0.1) is 0 Å². The van der Waals surface area contributed by atoms with Crippen LogP contribution >= 0.6 is 0 Å². The van der Waals surface area contributed by atoms with Crippen molar-refractivity contribution in [2.24, 2.45) is 7.05 Å². The van der Waals surface area contributed by atoms with Gasteiger partial charge in [0.2, 0.25) is 0 Å². The third-order valence-corrected chi connectivity index (χ3v) is 10.7. The van der Waals surface area contributed by atoms with Gasteiger partial charge in [0.1, 0.15) is 0 Å². The molecule has 162 valence electrons. The van der Waals surface area contributed by atoms with E-state index < -0.39 is 13.3 Å². The maximum atomic E-state index is 10.3. The summed E-state index contributed by atoms with van der Waals surface area (Å²) in [5.41, 5.74) is 7.76. The van der Waals surface area contributed by atoms with Gasteiger partial charge in [0, 0.05) is 0 Å². The van der Waals surface area contributed by atoms with Gasteiger partial charge in [-0.05, 0) is 0 Å². The molecule has 0 atom stereocenters. The molecule has 0 aliphatic carbocycles. The Labute approximate surface area is 197 Å². The number of furan rings is 1. The molecule has 0 N–H and O–H groups in total. The number of pyridine rings is 1. The summed E-state index contributed by atoms with van der Waals surface area (Å²) in [4.78, 5) is 0. The van der Waals surface area contributed by atoms with E-state index >= 15 is 0 Å². The second-order valence-electron chi connectivity index (χ2n) is 9.71. The van der Waals surface area contributed by atoms with Crippen LogP contribution in [0.25, 0.3) is 44.3 Å². The number of hydrogen-bond acceptors (Lipinski definition) is 2. The molecule has 5 aromatic rings. The minimum absolute atomic E-state index is 0.767. The predicted molar refractivity (Wildman–Crippen MR) is 138 cm³/mol. The first-order valence-electron chi connectivity index (χ1n) is 11.2. The Bertz CT molecular complexity index is 1570. The number of rotatable bonds is 3. The summed E-state index contributed by atoms with van der Waals surface area (Å²) in [7, 11) is 2.06. The van der Waals surface area contributed by atoms with Crippen LogP contribution in [-0.4, -0.2) is 13.3 Å². The van der Waals surface area contributed by atoms with E-state index in [4.69, 9.17) is 4.42 Å². The molecule has 0 unspecified atom stereocenters. The topological polar surface area (TPSA) is 40.8 Å². The van der Waals surface area contributed by atoms with Gasteiger partial charge in [-0.1, -0.05) is 0 Å². The van der Waals surface area contributed by atoms with Gasteiger partial charge in [-0.2, -0.15) is 0 Å². The van der Waals surface area contributed by atoms with Crippen molar-refractivity contribution in [3.05, 3.63) is 84.1 Å². The summed E-state index contributed by atoms with van der Waals surface area (Å²) in [6.45, 7) is 2.13. The van der Waals surface area contributed by atoms with E-state index in [0.717, 1.165) is 49.9 Å². The van der Waals surface area contributed by atoms with Crippen LogP contribution in [0.15, 0.2) is 77.3 Å². The van der Waals surface area contributed by atoms with Gasteiger partial charge >= 0.3 is 198 Å². The number of aromatic nitrogens is 1. The van der Waals surface area contributed by atoms with Crippen LogP contribution in [-0.2, 0) is 7.05 Å². The molecule has 4 heteroatoms. The van der Waals surface area contributed by atoms with E-state index in [1.807, 2.05) is 24.3 Å². The molecule has 5 rings (SSSR count). The molecule has 0 fully saturated rings. The molecule has 0 aliphatic heterocycles. The van der Waals surface area contributed by atoms with Crippen LogP contribution in [0, 0.1) is 18.3 Å². The fraction of sp³-hybridized carbons (Fsp3) is 0.172. The Morgan fingerprint density at radius 1 is 0.848 bits per heavy atom. The standard InChI is InChI=1S/C29H27GeN2O/c1-19-14-15-21-22-17-24(30(2,3)4)23(18-31)27(20-11-7-6-8-12-20)29(22)33-28(21)26(19)25-13-9-10-16-32(25)5/h6-17H,1-5H3/q+1. The van der Waals surface area contributed by atoms with Crippen molar-refractivity contribution in [2.75, 3.05) is 0 Å². The van der Waals surface area contributed by atoms with Crippen molar-refractivity contribution in [3.8, 4) is 28.5 Å². The first kappa shape index (κ1) is 21.5. The Kier molecular flexibility index (Phi) is 5.14. The SMILES string of the molecule is Cc1ccc2c(oc3c(-c4ccccc4)c(C#N)[c]([Ge]([CH3])([CH3])[CH3])cc32)c1-c1cccc[n+]1C. The second-order valence-corrected chi connectivity index (χ2v) is 20.3. The van der Waals surface area contributed by atoms with E-state index in [1.165, 1.54) is 9.96 Å². The predicted octanol–water partition coefficient (Wildman–Crippen LogP) is 6.47. The zero-order chi connectivity index (χ0) is 23.3. The molecule has 0 aliphatic rings. The molecule has 0 saturated heterocycles. The van der Waals surface area contributed by atoms with Crippen molar-refractivity contribution in [1.82, 2.24) is 0 Å². The summed E-state index contributed by atoms with van der Waals surface area (Å²) in [5, 5.41) is 12.5. The fourth-order valence-electron chi connectivity index (χ4n) is 4.76. The number of fused-ring (bicyclic) bond motifs is 3. The van der Waals surface area contributed by atoms with Crippen LogP contribution in [0.4, 0.5) is 0 Å². The molecule has 0 saturated carbocycles. The summed E-state index contributed by atoms with van der Waals surface area (Å²) in [5.74, 6) is 7.04. The molecule has 33 heavy (non-hydrogen) atoms. The van der Waals surface area contributed by atoms with Crippen LogP contribution in [0.1, 0.15) is 11.1 Å². The molecule has 3 nitrogen and oxygen atoms in total. The van der Waals surface area contributed by atoms with Gasteiger partial charge < -0.3 is 0 Å². The molecule has 0 bridgehead atoms. The first-order valence-corrected chi connectivity index (χ1v) is 18.6. The average molecular weight is 492 g/mol. The van der Waals surface area contributed by atoms with Crippen LogP contribution in [0.5, 0.6) is 0 Å². The average Bonchev–Trinajstić information content (AvgIpc) is 3.16. The van der Waals surface area contributed by atoms with Gasteiger partial charge in [0.25, 0.3) is 0 Å². The third-order valence-electron chi connectivity index (χ3n) is 6.43. The number of benzene rings is 3. The molecule has 0 radical (unpaired) electrons. The summed E-state index contributed by atoms with van der Waals surface area (Å²) in [6.07, 6.45) is 2.06. The van der Waals surface area contributed by atoms with Crippen molar-refractivity contribution in [1.29, 1.82) is 5.26 Å². The molecular weight excluding hydrogens is 465 g/mol. The molecular formula is C29H27GeN2O+. The van der Waals surface area contributed by atoms with Crippen molar-refractivity contribution in [2.45, 2.75) is 24.2 Å².